The molecule has 0 aliphatic heterocycles. The average Bonchev–Trinajstić information content (AvgIpc) is 2.43. The van der Waals surface area contributed by atoms with Crippen LogP contribution in [0.2, 0.25) is 0 Å². The Labute approximate surface area is 115 Å². The molecule has 3 nitrogen and oxygen atoms in total. The van der Waals surface area contributed by atoms with E-state index >= 15 is 0 Å². The zero-order chi connectivity index (χ0) is 13.5. The quantitative estimate of drug-likeness (QED) is 0.861. The van der Waals surface area contributed by atoms with Crippen LogP contribution in [0, 0.1) is 6.92 Å². The van der Waals surface area contributed by atoms with Crippen molar-refractivity contribution in [2.45, 2.75) is 20.0 Å². The summed E-state index contributed by atoms with van der Waals surface area (Å²) in [7, 11) is 0. The number of benzene rings is 1. The molecule has 0 aliphatic rings. The van der Waals surface area contributed by atoms with Gasteiger partial charge >= 0.3 is 0 Å². The lowest BCUT2D eigenvalue weighted by Gasteiger charge is -2.21. The Morgan fingerprint density at radius 1 is 1.05 bits per heavy atom. The summed E-state index contributed by atoms with van der Waals surface area (Å²) in [6, 6.07) is 12.7. The van der Waals surface area contributed by atoms with Crippen LogP contribution in [-0.4, -0.2) is 23.0 Å². The average molecular weight is 255 g/mol. The van der Waals surface area contributed by atoms with Gasteiger partial charge in [0.1, 0.15) is 0 Å². The molecule has 0 aliphatic carbocycles. The molecule has 0 radical (unpaired) electrons. The van der Waals surface area contributed by atoms with Crippen molar-refractivity contribution < 1.29 is 0 Å². The van der Waals surface area contributed by atoms with Gasteiger partial charge in [0.05, 0.1) is 0 Å². The zero-order valence-electron chi connectivity index (χ0n) is 11.4. The number of nitrogens with two attached hydrogens (primary N) is 1. The Hall–Kier alpha value is -1.71. The van der Waals surface area contributed by atoms with E-state index in [0.717, 1.165) is 19.6 Å². The van der Waals surface area contributed by atoms with E-state index in [2.05, 4.69) is 47.1 Å². The van der Waals surface area contributed by atoms with Crippen molar-refractivity contribution in [2.75, 3.05) is 13.1 Å². The third kappa shape index (κ3) is 4.47. The van der Waals surface area contributed by atoms with Crippen LogP contribution in [0.1, 0.15) is 16.7 Å². The molecule has 0 atom stereocenters. The van der Waals surface area contributed by atoms with Gasteiger partial charge in [-0.1, -0.05) is 35.9 Å². The van der Waals surface area contributed by atoms with Gasteiger partial charge < -0.3 is 5.73 Å². The fourth-order valence-electron chi connectivity index (χ4n) is 2.10. The van der Waals surface area contributed by atoms with E-state index in [-0.39, 0.29) is 0 Å². The molecule has 0 fully saturated rings. The van der Waals surface area contributed by atoms with Crippen molar-refractivity contribution >= 4 is 0 Å². The fourth-order valence-corrected chi connectivity index (χ4v) is 2.10. The smallest absolute Gasteiger partial charge is 0.0312 e. The summed E-state index contributed by atoms with van der Waals surface area (Å²) in [5.74, 6) is 0. The highest BCUT2D eigenvalue weighted by Gasteiger charge is 2.06. The van der Waals surface area contributed by atoms with Crippen LogP contribution < -0.4 is 5.73 Å². The molecule has 1 aromatic heterocycles. The number of hydrogen-bond acceptors (Lipinski definition) is 3. The summed E-state index contributed by atoms with van der Waals surface area (Å²) < 4.78 is 0. The molecule has 0 amide bonds. The van der Waals surface area contributed by atoms with Crippen molar-refractivity contribution in [1.29, 1.82) is 0 Å². The molecule has 2 aromatic rings. The second-order valence-electron chi connectivity index (χ2n) is 4.85. The minimum atomic E-state index is 0.673. The van der Waals surface area contributed by atoms with Gasteiger partial charge in [-0.15, -0.1) is 0 Å². The topological polar surface area (TPSA) is 42.1 Å². The number of aryl methyl sites for hydroxylation is 1. The van der Waals surface area contributed by atoms with Gasteiger partial charge in [-0.25, -0.2) is 0 Å². The van der Waals surface area contributed by atoms with Gasteiger partial charge in [0.25, 0.3) is 0 Å². The normalized spacial score (nSPS) is 10.9. The van der Waals surface area contributed by atoms with Crippen molar-refractivity contribution in [3.63, 3.8) is 0 Å². The van der Waals surface area contributed by atoms with Crippen molar-refractivity contribution in [3.05, 3.63) is 65.5 Å². The molecular weight excluding hydrogens is 234 g/mol. The lowest BCUT2D eigenvalue weighted by atomic mass is 10.1. The second-order valence-corrected chi connectivity index (χ2v) is 4.85. The number of pyridine rings is 1. The van der Waals surface area contributed by atoms with Crippen LogP contribution in [0.25, 0.3) is 0 Å². The minimum absolute atomic E-state index is 0.673. The van der Waals surface area contributed by atoms with E-state index in [4.69, 9.17) is 5.73 Å². The maximum absolute atomic E-state index is 5.70. The Morgan fingerprint density at radius 2 is 1.79 bits per heavy atom. The van der Waals surface area contributed by atoms with E-state index in [1.807, 2.05) is 12.3 Å². The Kier molecular flexibility index (Phi) is 5.07. The largest absolute Gasteiger partial charge is 0.329 e. The Bertz CT molecular complexity index is 479. The lowest BCUT2D eigenvalue weighted by molar-refractivity contribution is 0.264. The third-order valence-electron chi connectivity index (χ3n) is 3.10. The first-order chi connectivity index (χ1) is 9.28. The molecule has 2 rings (SSSR count). The van der Waals surface area contributed by atoms with E-state index in [0.29, 0.717) is 6.54 Å². The maximum Gasteiger partial charge on any atom is 0.0312 e. The van der Waals surface area contributed by atoms with Crippen LogP contribution in [-0.2, 0) is 13.1 Å². The summed E-state index contributed by atoms with van der Waals surface area (Å²) in [5.41, 5.74) is 9.54. The van der Waals surface area contributed by atoms with Gasteiger partial charge in [-0.2, -0.15) is 0 Å². The number of nitrogens with zero attached hydrogens (tertiary/aromatic N) is 2. The highest BCUT2D eigenvalue weighted by Crippen LogP contribution is 2.10. The first kappa shape index (κ1) is 13.7. The highest BCUT2D eigenvalue weighted by molar-refractivity contribution is 5.21. The predicted molar refractivity (Wildman–Crippen MR) is 78.6 cm³/mol. The standard InChI is InChI=1S/C16H21N3/c1-14-4-6-15(7-5-14)12-19(10-8-17)13-16-3-2-9-18-11-16/h2-7,9,11H,8,10,12-13,17H2,1H3. The predicted octanol–water partition coefficient (Wildman–Crippen LogP) is 2.35. The van der Waals surface area contributed by atoms with Gasteiger partial charge in [0.2, 0.25) is 0 Å². The minimum Gasteiger partial charge on any atom is -0.329 e. The van der Waals surface area contributed by atoms with Crippen LogP contribution in [0.4, 0.5) is 0 Å². The summed E-state index contributed by atoms with van der Waals surface area (Å²) in [4.78, 5) is 6.51. The zero-order valence-corrected chi connectivity index (χ0v) is 11.4. The fraction of sp³-hybridized carbons (Fsp3) is 0.312. The van der Waals surface area contributed by atoms with Crippen LogP contribution in [0.3, 0.4) is 0 Å². The van der Waals surface area contributed by atoms with E-state index < -0.39 is 0 Å². The summed E-state index contributed by atoms with van der Waals surface area (Å²) in [6.45, 7) is 5.48. The SMILES string of the molecule is Cc1ccc(CN(CCN)Cc2cccnc2)cc1. The summed E-state index contributed by atoms with van der Waals surface area (Å²) in [6.07, 6.45) is 3.72. The van der Waals surface area contributed by atoms with E-state index in [9.17, 15) is 0 Å². The molecule has 19 heavy (non-hydrogen) atoms. The molecule has 100 valence electrons. The molecule has 0 saturated carbocycles. The van der Waals surface area contributed by atoms with Crippen LogP contribution >= 0.6 is 0 Å². The van der Waals surface area contributed by atoms with E-state index in [1.165, 1.54) is 16.7 Å². The Morgan fingerprint density at radius 3 is 2.42 bits per heavy atom. The molecule has 3 heteroatoms. The van der Waals surface area contributed by atoms with Gasteiger partial charge in [-0.05, 0) is 24.1 Å². The molecule has 0 bridgehead atoms. The number of aromatic nitrogens is 1. The number of rotatable bonds is 6. The Balaban J connectivity index is 2.01. The van der Waals surface area contributed by atoms with E-state index in [1.54, 1.807) is 6.20 Å². The summed E-state index contributed by atoms with van der Waals surface area (Å²) in [5, 5.41) is 0. The maximum atomic E-state index is 5.70. The highest BCUT2D eigenvalue weighted by atomic mass is 15.1. The molecule has 0 saturated heterocycles. The van der Waals surface area contributed by atoms with Crippen LogP contribution in [0.5, 0.6) is 0 Å². The third-order valence-corrected chi connectivity index (χ3v) is 3.10. The molecule has 0 unspecified atom stereocenters. The van der Waals surface area contributed by atoms with Crippen molar-refractivity contribution in [2.24, 2.45) is 5.73 Å². The molecular formula is C16H21N3. The van der Waals surface area contributed by atoms with Gasteiger partial charge in [0, 0.05) is 38.6 Å². The number of hydrogen-bond donors (Lipinski definition) is 1. The van der Waals surface area contributed by atoms with Crippen molar-refractivity contribution in [1.82, 2.24) is 9.88 Å². The molecule has 1 heterocycles. The first-order valence-electron chi connectivity index (χ1n) is 6.65. The van der Waals surface area contributed by atoms with Gasteiger partial charge in [-0.3, -0.25) is 9.88 Å². The van der Waals surface area contributed by atoms with Gasteiger partial charge in [0.15, 0.2) is 0 Å². The molecule has 0 spiro atoms. The second kappa shape index (κ2) is 7.02. The van der Waals surface area contributed by atoms with Crippen LogP contribution in [0.15, 0.2) is 48.8 Å². The van der Waals surface area contributed by atoms with Crippen molar-refractivity contribution in [3.8, 4) is 0 Å². The summed E-state index contributed by atoms with van der Waals surface area (Å²) >= 11 is 0. The monoisotopic (exact) mass is 255 g/mol. The molecule has 2 N–H and O–H groups in total. The lowest BCUT2D eigenvalue weighted by Crippen LogP contribution is -2.28. The molecule has 1 aromatic carbocycles. The first-order valence-corrected chi connectivity index (χ1v) is 6.65.